The van der Waals surface area contributed by atoms with Crippen molar-refractivity contribution in [1.29, 1.82) is 0 Å². The van der Waals surface area contributed by atoms with E-state index in [-0.39, 0.29) is 17.0 Å². The van der Waals surface area contributed by atoms with Crippen LogP contribution in [0.4, 0.5) is 0 Å². The average Bonchev–Trinajstić information content (AvgIpc) is 2.33. The molecule has 0 fully saturated rings. The summed E-state index contributed by atoms with van der Waals surface area (Å²) in [5, 5.41) is 2.30. The molecule has 0 aliphatic heterocycles. The second-order valence-corrected chi connectivity index (χ2v) is 7.21. The van der Waals surface area contributed by atoms with Crippen LogP contribution >= 0.6 is 0 Å². The molecule has 2 amide bonds. The molecule has 0 aliphatic carbocycles. The van der Waals surface area contributed by atoms with Crippen molar-refractivity contribution >= 4 is 21.8 Å². The molecule has 1 aromatic rings. The van der Waals surface area contributed by atoms with E-state index in [4.69, 9.17) is 5.73 Å². The van der Waals surface area contributed by atoms with Gasteiger partial charge in [-0.3, -0.25) is 9.59 Å². The van der Waals surface area contributed by atoms with Crippen LogP contribution in [0.25, 0.3) is 0 Å². The van der Waals surface area contributed by atoms with Crippen LogP contribution in [0.15, 0.2) is 29.2 Å². The summed E-state index contributed by atoms with van der Waals surface area (Å²) in [7, 11) is -3.73. The number of amides is 2. The maximum atomic E-state index is 12.2. The number of primary amides is 1. The minimum Gasteiger partial charge on any atom is -0.368 e. The third-order valence-electron chi connectivity index (χ3n) is 2.27. The topological polar surface area (TPSA) is 118 Å². The molecular formula is C13H19N3O4S. The van der Waals surface area contributed by atoms with Crippen molar-refractivity contribution in [1.82, 2.24) is 10.0 Å². The zero-order valence-corrected chi connectivity index (χ0v) is 13.0. The summed E-state index contributed by atoms with van der Waals surface area (Å²) in [6.07, 6.45) is 0. The quantitative estimate of drug-likeness (QED) is 0.707. The lowest BCUT2D eigenvalue weighted by Crippen LogP contribution is -2.40. The smallest absolute Gasteiger partial charge is 0.251 e. The second kappa shape index (κ2) is 6.23. The van der Waals surface area contributed by atoms with E-state index in [0.29, 0.717) is 0 Å². The summed E-state index contributed by atoms with van der Waals surface area (Å²) in [5.74, 6) is -1.25. The Kier molecular flexibility index (Phi) is 5.08. The summed E-state index contributed by atoms with van der Waals surface area (Å²) in [4.78, 5) is 22.4. The van der Waals surface area contributed by atoms with Crippen LogP contribution in [0.5, 0.6) is 0 Å². The molecule has 1 aromatic carbocycles. The van der Waals surface area contributed by atoms with Gasteiger partial charge in [-0.15, -0.1) is 0 Å². The fourth-order valence-corrected chi connectivity index (χ4v) is 3.00. The molecular weight excluding hydrogens is 294 g/mol. The van der Waals surface area contributed by atoms with Crippen LogP contribution < -0.4 is 15.8 Å². The predicted molar refractivity (Wildman–Crippen MR) is 78.0 cm³/mol. The van der Waals surface area contributed by atoms with Crippen molar-refractivity contribution in [3.8, 4) is 0 Å². The molecule has 0 aliphatic rings. The van der Waals surface area contributed by atoms with Gasteiger partial charge in [-0.25, -0.2) is 13.1 Å². The van der Waals surface area contributed by atoms with Crippen LogP contribution in [0.3, 0.4) is 0 Å². The number of rotatable bonds is 5. The molecule has 0 radical (unpaired) electrons. The Bertz CT molecular complexity index is 648. The molecule has 21 heavy (non-hydrogen) atoms. The number of hydrogen-bond acceptors (Lipinski definition) is 4. The van der Waals surface area contributed by atoms with Gasteiger partial charge in [0, 0.05) is 11.1 Å². The molecule has 0 atom stereocenters. The van der Waals surface area contributed by atoms with Crippen molar-refractivity contribution < 1.29 is 18.0 Å². The Labute approximate surface area is 124 Å². The van der Waals surface area contributed by atoms with Gasteiger partial charge in [0.1, 0.15) is 0 Å². The van der Waals surface area contributed by atoms with Crippen LogP contribution in [0.1, 0.15) is 31.1 Å². The van der Waals surface area contributed by atoms with Crippen molar-refractivity contribution in [2.75, 3.05) is 6.54 Å². The lowest BCUT2D eigenvalue weighted by Gasteiger charge is -2.20. The molecule has 0 heterocycles. The number of benzene rings is 1. The average molecular weight is 313 g/mol. The van der Waals surface area contributed by atoms with Crippen LogP contribution in [0.2, 0.25) is 0 Å². The van der Waals surface area contributed by atoms with Crippen molar-refractivity contribution in [2.45, 2.75) is 31.2 Å². The Morgan fingerprint density at radius 3 is 2.38 bits per heavy atom. The molecule has 0 bridgehead atoms. The van der Waals surface area contributed by atoms with E-state index >= 15 is 0 Å². The number of sulfonamides is 1. The van der Waals surface area contributed by atoms with Gasteiger partial charge < -0.3 is 11.1 Å². The third kappa shape index (κ3) is 5.52. The van der Waals surface area contributed by atoms with Crippen LogP contribution in [0, 0.1) is 0 Å². The van der Waals surface area contributed by atoms with E-state index in [9.17, 15) is 18.0 Å². The van der Waals surface area contributed by atoms with E-state index < -0.39 is 27.4 Å². The zero-order chi connectivity index (χ0) is 16.3. The molecule has 0 aromatic heterocycles. The highest BCUT2D eigenvalue weighted by Gasteiger charge is 2.22. The van der Waals surface area contributed by atoms with Crippen LogP contribution in [-0.2, 0) is 14.8 Å². The first-order chi connectivity index (χ1) is 9.51. The standard InChI is InChI=1S/C13H19N3O4S/c1-13(2,3)16-21(19,20)10-6-4-5-9(7-10)12(18)15-8-11(14)17/h4-7,16H,8H2,1-3H3,(H2,14,17)(H,15,18). The fraction of sp³-hybridized carbons (Fsp3) is 0.385. The maximum Gasteiger partial charge on any atom is 0.251 e. The van der Waals surface area contributed by atoms with E-state index in [1.807, 2.05) is 0 Å². The van der Waals surface area contributed by atoms with Gasteiger partial charge in [-0.05, 0) is 39.0 Å². The summed E-state index contributed by atoms with van der Waals surface area (Å²) < 4.78 is 26.8. The van der Waals surface area contributed by atoms with Gasteiger partial charge in [-0.2, -0.15) is 0 Å². The summed E-state index contributed by atoms with van der Waals surface area (Å²) in [6, 6.07) is 5.53. The maximum absolute atomic E-state index is 12.2. The van der Waals surface area contributed by atoms with E-state index in [0.717, 1.165) is 0 Å². The monoisotopic (exact) mass is 313 g/mol. The second-order valence-electron chi connectivity index (χ2n) is 5.53. The number of hydrogen-bond donors (Lipinski definition) is 3. The Morgan fingerprint density at radius 2 is 1.86 bits per heavy atom. The van der Waals surface area contributed by atoms with Crippen molar-refractivity contribution in [3.05, 3.63) is 29.8 Å². The van der Waals surface area contributed by atoms with Gasteiger partial charge in [0.15, 0.2) is 0 Å². The molecule has 7 nitrogen and oxygen atoms in total. The molecule has 8 heteroatoms. The van der Waals surface area contributed by atoms with Crippen molar-refractivity contribution in [3.63, 3.8) is 0 Å². The van der Waals surface area contributed by atoms with E-state index in [1.165, 1.54) is 24.3 Å². The van der Waals surface area contributed by atoms with Crippen molar-refractivity contribution in [2.24, 2.45) is 5.73 Å². The molecule has 4 N–H and O–H groups in total. The Balaban J connectivity index is 3.00. The molecule has 0 saturated carbocycles. The minimum absolute atomic E-state index is 0.0239. The minimum atomic E-state index is -3.73. The van der Waals surface area contributed by atoms with Gasteiger partial charge in [-0.1, -0.05) is 6.07 Å². The van der Waals surface area contributed by atoms with E-state index in [2.05, 4.69) is 10.0 Å². The number of carbonyl (C=O) groups excluding carboxylic acids is 2. The SMILES string of the molecule is CC(C)(C)NS(=O)(=O)c1cccc(C(=O)NCC(N)=O)c1. The third-order valence-corrected chi connectivity index (χ3v) is 4.03. The lowest BCUT2D eigenvalue weighted by molar-refractivity contribution is -0.117. The number of carbonyl (C=O) groups is 2. The Morgan fingerprint density at radius 1 is 1.24 bits per heavy atom. The first-order valence-electron chi connectivity index (χ1n) is 6.22. The summed E-state index contributed by atoms with van der Waals surface area (Å²) in [5.41, 5.74) is 4.42. The van der Waals surface area contributed by atoms with Gasteiger partial charge in [0.2, 0.25) is 15.9 Å². The predicted octanol–water partition coefficient (Wildman–Crippen LogP) is -0.0215. The highest BCUT2D eigenvalue weighted by atomic mass is 32.2. The van der Waals surface area contributed by atoms with Crippen LogP contribution in [-0.4, -0.2) is 32.3 Å². The summed E-state index contributed by atoms with van der Waals surface area (Å²) in [6.45, 7) is 4.84. The molecule has 116 valence electrons. The number of nitrogens with one attached hydrogen (secondary N) is 2. The highest BCUT2D eigenvalue weighted by molar-refractivity contribution is 7.89. The van der Waals surface area contributed by atoms with Gasteiger partial charge >= 0.3 is 0 Å². The Hall–Kier alpha value is -1.93. The zero-order valence-electron chi connectivity index (χ0n) is 12.1. The lowest BCUT2D eigenvalue weighted by atomic mass is 10.1. The van der Waals surface area contributed by atoms with E-state index in [1.54, 1.807) is 20.8 Å². The molecule has 1 rings (SSSR count). The number of nitrogens with two attached hydrogens (primary N) is 1. The van der Waals surface area contributed by atoms with Gasteiger partial charge in [0.25, 0.3) is 5.91 Å². The fourth-order valence-electron chi connectivity index (χ4n) is 1.54. The molecule has 0 saturated heterocycles. The largest absolute Gasteiger partial charge is 0.368 e. The molecule has 0 spiro atoms. The van der Waals surface area contributed by atoms with Gasteiger partial charge in [0.05, 0.1) is 11.4 Å². The molecule has 0 unspecified atom stereocenters. The first-order valence-corrected chi connectivity index (χ1v) is 7.70. The normalized spacial score (nSPS) is 12.0. The highest BCUT2D eigenvalue weighted by Crippen LogP contribution is 2.14. The first kappa shape index (κ1) is 17.1. The summed E-state index contributed by atoms with van der Waals surface area (Å²) >= 11 is 0.